The SMILES string of the molecule is COCCC(=O)NCCC(=O)N1Cc2ccccc2-c2nnn(CCOCCOCCOCCCC(=O)CCCC(=O)CC(C)C)c2-c2ccccc21. The molecule has 0 radical (unpaired) electrons. The third-order valence-electron chi connectivity index (χ3n) is 8.76. The van der Waals surface area contributed by atoms with Crippen LogP contribution in [0.25, 0.3) is 22.5 Å². The van der Waals surface area contributed by atoms with Gasteiger partial charge in [-0.15, -0.1) is 5.10 Å². The molecule has 2 aromatic carbocycles. The fourth-order valence-electron chi connectivity index (χ4n) is 6.15. The summed E-state index contributed by atoms with van der Waals surface area (Å²) in [5.74, 6) is 0.506. The lowest BCUT2D eigenvalue weighted by molar-refractivity contribution is -0.123. The molecule has 0 saturated heterocycles. The second-order valence-electron chi connectivity index (χ2n) is 13.5. The van der Waals surface area contributed by atoms with Crippen molar-refractivity contribution in [2.24, 2.45) is 5.92 Å². The summed E-state index contributed by atoms with van der Waals surface area (Å²) in [4.78, 5) is 51.4. The molecule has 288 valence electrons. The van der Waals surface area contributed by atoms with Crippen LogP contribution in [0.2, 0.25) is 0 Å². The van der Waals surface area contributed by atoms with Crippen molar-refractivity contribution in [1.29, 1.82) is 0 Å². The first-order valence-corrected chi connectivity index (χ1v) is 18.7. The number of hydrogen-bond donors (Lipinski definition) is 1. The number of Topliss-reactive ketones (excluding diaryl/α,β-unsaturated/α-hetero) is 2. The van der Waals surface area contributed by atoms with Gasteiger partial charge in [-0.25, -0.2) is 4.68 Å². The largest absolute Gasteiger partial charge is 0.384 e. The molecule has 53 heavy (non-hydrogen) atoms. The third-order valence-corrected chi connectivity index (χ3v) is 8.76. The molecule has 0 saturated carbocycles. The maximum absolute atomic E-state index is 13.7. The minimum absolute atomic E-state index is 0.108. The number of para-hydroxylation sites is 1. The Hall–Kier alpha value is -4.30. The number of anilines is 1. The normalized spacial score (nSPS) is 12.1. The Morgan fingerprint density at radius 2 is 1.42 bits per heavy atom. The zero-order valence-electron chi connectivity index (χ0n) is 31.5. The van der Waals surface area contributed by atoms with E-state index in [1.54, 1.807) is 12.0 Å². The second-order valence-corrected chi connectivity index (χ2v) is 13.5. The van der Waals surface area contributed by atoms with Gasteiger partial charge in [-0.05, 0) is 30.4 Å². The molecule has 0 aliphatic carbocycles. The zero-order chi connectivity index (χ0) is 37.8. The minimum Gasteiger partial charge on any atom is -0.384 e. The van der Waals surface area contributed by atoms with E-state index in [1.807, 2.05) is 67.1 Å². The number of nitrogens with one attached hydrogen (secondary N) is 1. The highest BCUT2D eigenvalue weighted by molar-refractivity contribution is 6.00. The molecule has 13 nitrogen and oxygen atoms in total. The van der Waals surface area contributed by atoms with Gasteiger partial charge in [0.15, 0.2) is 0 Å². The lowest BCUT2D eigenvalue weighted by Crippen LogP contribution is -2.35. The zero-order valence-corrected chi connectivity index (χ0v) is 31.5. The number of aromatic nitrogens is 3. The molecule has 0 unspecified atom stereocenters. The first kappa shape index (κ1) is 41.5. The quantitative estimate of drug-likeness (QED) is 0.115. The van der Waals surface area contributed by atoms with Gasteiger partial charge in [0, 0.05) is 69.9 Å². The van der Waals surface area contributed by atoms with E-state index in [2.05, 4.69) is 15.6 Å². The summed E-state index contributed by atoms with van der Waals surface area (Å²) in [6.07, 6.45) is 3.66. The van der Waals surface area contributed by atoms with Gasteiger partial charge < -0.3 is 29.2 Å². The van der Waals surface area contributed by atoms with Crippen LogP contribution < -0.4 is 10.2 Å². The van der Waals surface area contributed by atoms with Gasteiger partial charge in [-0.2, -0.15) is 0 Å². The maximum Gasteiger partial charge on any atom is 0.229 e. The lowest BCUT2D eigenvalue weighted by Gasteiger charge is -2.29. The topological polar surface area (TPSA) is 151 Å². The molecule has 3 aromatic rings. The van der Waals surface area contributed by atoms with Crippen LogP contribution in [-0.4, -0.2) is 98.3 Å². The smallest absolute Gasteiger partial charge is 0.229 e. The molecule has 0 bridgehead atoms. The van der Waals surface area contributed by atoms with Crippen LogP contribution in [0.1, 0.15) is 70.8 Å². The van der Waals surface area contributed by atoms with Crippen LogP contribution in [0, 0.1) is 5.92 Å². The van der Waals surface area contributed by atoms with Crippen molar-refractivity contribution in [2.45, 2.75) is 78.3 Å². The highest BCUT2D eigenvalue weighted by Gasteiger charge is 2.29. The van der Waals surface area contributed by atoms with Crippen molar-refractivity contribution in [3.63, 3.8) is 0 Å². The van der Waals surface area contributed by atoms with Gasteiger partial charge in [0.25, 0.3) is 0 Å². The van der Waals surface area contributed by atoms with E-state index in [9.17, 15) is 19.2 Å². The van der Waals surface area contributed by atoms with Crippen molar-refractivity contribution >= 4 is 29.1 Å². The number of amides is 2. The fourth-order valence-corrected chi connectivity index (χ4v) is 6.15. The average Bonchev–Trinajstić information content (AvgIpc) is 3.55. The van der Waals surface area contributed by atoms with Crippen LogP contribution in [-0.2, 0) is 51.2 Å². The molecular formula is C40H55N5O8. The maximum atomic E-state index is 13.7. The molecule has 1 aromatic heterocycles. The number of ether oxygens (including phenoxy) is 4. The molecule has 0 spiro atoms. The molecule has 4 rings (SSSR count). The molecule has 1 aliphatic rings. The number of methoxy groups -OCH3 is 1. The van der Waals surface area contributed by atoms with Crippen LogP contribution in [0.5, 0.6) is 0 Å². The first-order valence-electron chi connectivity index (χ1n) is 18.7. The molecule has 1 aliphatic heterocycles. The number of ketones is 2. The number of fused-ring (bicyclic) bond motifs is 5. The van der Waals surface area contributed by atoms with E-state index in [0.717, 1.165) is 33.8 Å². The summed E-state index contributed by atoms with van der Waals surface area (Å²) in [6, 6.07) is 15.6. The number of nitrogens with zero attached hydrogens (tertiary/aromatic N) is 4. The Morgan fingerprint density at radius 3 is 2.17 bits per heavy atom. The molecule has 1 N–H and O–H groups in total. The Bertz CT molecular complexity index is 1620. The van der Waals surface area contributed by atoms with Gasteiger partial charge in [0.05, 0.1) is 64.1 Å². The molecule has 0 fully saturated rings. The summed E-state index contributed by atoms with van der Waals surface area (Å²) in [5, 5.41) is 11.9. The van der Waals surface area contributed by atoms with Gasteiger partial charge >= 0.3 is 0 Å². The summed E-state index contributed by atoms with van der Waals surface area (Å²) < 4.78 is 23.9. The Morgan fingerprint density at radius 1 is 0.755 bits per heavy atom. The van der Waals surface area contributed by atoms with Gasteiger partial charge in [0.1, 0.15) is 17.3 Å². The molecule has 2 amide bonds. The van der Waals surface area contributed by atoms with E-state index in [4.69, 9.17) is 18.9 Å². The Labute approximate surface area is 312 Å². The fraction of sp³-hybridized carbons (Fsp3) is 0.550. The highest BCUT2D eigenvalue weighted by Crippen LogP contribution is 2.41. The average molecular weight is 734 g/mol. The number of rotatable bonds is 25. The Balaban J connectivity index is 1.22. The highest BCUT2D eigenvalue weighted by atomic mass is 16.5. The predicted molar refractivity (Wildman–Crippen MR) is 201 cm³/mol. The number of hydrogen-bond acceptors (Lipinski definition) is 10. The standard InChI is InChI=1S/C40H55N5O8/c1-30(2)28-33(47)12-8-11-32(46)13-9-21-51-24-26-53-27-25-52-23-20-45-40-35-15-6-7-16-36(35)44(38(49)17-19-41-37(48)18-22-50-3)29-31-10-4-5-14-34(31)39(40)42-43-45/h4-7,10,14-16,30H,8-9,11-13,17-29H2,1-3H3,(H,41,48). The van der Waals surface area contributed by atoms with Crippen LogP contribution >= 0.6 is 0 Å². The first-order chi connectivity index (χ1) is 25.8. The Kier molecular flexibility index (Phi) is 17.8. The predicted octanol–water partition coefficient (Wildman–Crippen LogP) is 5.19. The van der Waals surface area contributed by atoms with Crippen molar-refractivity contribution in [1.82, 2.24) is 20.3 Å². The van der Waals surface area contributed by atoms with Crippen molar-refractivity contribution in [2.75, 3.05) is 64.8 Å². The minimum atomic E-state index is -0.156. The van der Waals surface area contributed by atoms with E-state index in [1.165, 1.54) is 0 Å². The van der Waals surface area contributed by atoms with Crippen molar-refractivity contribution in [3.8, 4) is 22.5 Å². The van der Waals surface area contributed by atoms with Crippen molar-refractivity contribution in [3.05, 3.63) is 54.1 Å². The molecular weight excluding hydrogens is 678 g/mol. The number of carbonyl (C=O) groups excluding carboxylic acids is 4. The number of carbonyl (C=O) groups is 4. The van der Waals surface area contributed by atoms with Crippen molar-refractivity contribution < 1.29 is 38.1 Å². The van der Waals surface area contributed by atoms with E-state index < -0.39 is 0 Å². The molecule has 2 heterocycles. The molecule has 0 atom stereocenters. The lowest BCUT2D eigenvalue weighted by atomic mass is 9.95. The van der Waals surface area contributed by atoms with Crippen LogP contribution in [0.3, 0.4) is 0 Å². The van der Waals surface area contributed by atoms with Gasteiger partial charge in [-0.1, -0.05) is 61.5 Å². The number of benzene rings is 2. The summed E-state index contributed by atoms with van der Waals surface area (Å²) in [6.45, 7) is 7.95. The van der Waals surface area contributed by atoms with E-state index in [-0.39, 0.29) is 42.8 Å². The third kappa shape index (κ3) is 13.6. The second kappa shape index (κ2) is 22.7. The van der Waals surface area contributed by atoms with Crippen LogP contribution in [0.4, 0.5) is 5.69 Å². The van der Waals surface area contributed by atoms with Crippen LogP contribution in [0.15, 0.2) is 48.5 Å². The molecule has 13 heteroatoms. The monoisotopic (exact) mass is 733 g/mol. The van der Waals surface area contributed by atoms with Gasteiger partial charge in [0.2, 0.25) is 11.8 Å². The summed E-state index contributed by atoms with van der Waals surface area (Å²) >= 11 is 0. The summed E-state index contributed by atoms with van der Waals surface area (Å²) in [5.41, 5.74) is 4.97. The van der Waals surface area contributed by atoms with E-state index >= 15 is 0 Å². The summed E-state index contributed by atoms with van der Waals surface area (Å²) in [7, 11) is 1.55. The van der Waals surface area contributed by atoms with E-state index in [0.29, 0.717) is 104 Å². The van der Waals surface area contributed by atoms with Gasteiger partial charge in [-0.3, -0.25) is 19.2 Å².